The van der Waals surface area contributed by atoms with Crippen molar-refractivity contribution in [1.82, 2.24) is 10.6 Å². The van der Waals surface area contributed by atoms with Crippen molar-refractivity contribution in [2.75, 3.05) is 13.7 Å². The maximum atomic E-state index is 12.0. The highest BCUT2D eigenvalue weighted by molar-refractivity contribution is 8.00. The number of nitriles is 1. The minimum Gasteiger partial charge on any atom is -0.496 e. The Morgan fingerprint density at radius 1 is 1.52 bits per heavy atom. The number of thioether (sulfide) groups is 1. The second-order valence-corrected chi connectivity index (χ2v) is 7.52. The molecule has 6 heteroatoms. The zero-order valence-corrected chi connectivity index (χ0v) is 14.0. The number of carbonyl (C=O) groups excluding carboxylic acids is 1. The van der Waals surface area contributed by atoms with E-state index in [0.29, 0.717) is 11.7 Å². The molecule has 1 aromatic carbocycles. The Balaban J connectivity index is 1.49. The minimum absolute atomic E-state index is 0.0236. The first-order valence-corrected chi connectivity index (χ1v) is 8.77. The van der Waals surface area contributed by atoms with E-state index in [1.54, 1.807) is 18.9 Å². The Labute approximate surface area is 140 Å². The van der Waals surface area contributed by atoms with E-state index in [1.807, 2.05) is 18.2 Å². The normalized spacial score (nSPS) is 24.7. The van der Waals surface area contributed by atoms with Gasteiger partial charge in [0.25, 0.3) is 0 Å². The van der Waals surface area contributed by atoms with Gasteiger partial charge in [-0.15, -0.1) is 11.8 Å². The van der Waals surface area contributed by atoms with Crippen molar-refractivity contribution in [3.05, 3.63) is 24.3 Å². The topological polar surface area (TPSA) is 74.2 Å². The van der Waals surface area contributed by atoms with Crippen molar-refractivity contribution in [3.8, 4) is 11.8 Å². The second-order valence-electron chi connectivity index (χ2n) is 6.18. The number of rotatable bonds is 6. The number of carbonyl (C=O) groups is 1. The van der Waals surface area contributed by atoms with E-state index in [-0.39, 0.29) is 11.9 Å². The van der Waals surface area contributed by atoms with E-state index < -0.39 is 5.54 Å². The molecule has 3 rings (SSSR count). The van der Waals surface area contributed by atoms with Crippen molar-refractivity contribution in [1.29, 1.82) is 5.26 Å². The van der Waals surface area contributed by atoms with Gasteiger partial charge in [0.2, 0.25) is 5.91 Å². The maximum Gasteiger partial charge on any atom is 0.222 e. The minimum atomic E-state index is -0.568. The lowest BCUT2D eigenvalue weighted by molar-refractivity contribution is -0.122. The van der Waals surface area contributed by atoms with Crippen LogP contribution in [0.1, 0.15) is 25.7 Å². The molecular formula is C17H21N3O2S. The summed E-state index contributed by atoms with van der Waals surface area (Å²) in [5.74, 6) is 0.868. The van der Waals surface area contributed by atoms with Gasteiger partial charge in [-0.05, 0) is 31.4 Å². The molecule has 23 heavy (non-hydrogen) atoms. The van der Waals surface area contributed by atoms with Crippen LogP contribution in [0.3, 0.4) is 0 Å². The Morgan fingerprint density at radius 2 is 2.30 bits per heavy atom. The summed E-state index contributed by atoms with van der Waals surface area (Å²) in [5, 5.41) is 15.7. The third kappa shape index (κ3) is 3.98. The molecule has 2 atom stereocenters. The third-order valence-electron chi connectivity index (χ3n) is 4.32. The Hall–Kier alpha value is -1.71. The summed E-state index contributed by atoms with van der Waals surface area (Å²) in [4.78, 5) is 13.2. The van der Waals surface area contributed by atoms with Gasteiger partial charge in [-0.1, -0.05) is 12.1 Å². The highest BCUT2D eigenvalue weighted by atomic mass is 32.2. The Bertz CT molecular complexity index is 625. The standard InChI is InChI=1S/C17H21N3O2S/c1-22-14-4-2-3-5-15(14)23-13-8-12(19-10-13)9-16(21)20-17(11-18)6-7-17/h2-5,12-13,19H,6-10H2,1H3,(H,20,21)/t12-,13-/m1/s1. The molecule has 1 aliphatic heterocycles. The molecule has 1 saturated carbocycles. The smallest absolute Gasteiger partial charge is 0.222 e. The first-order chi connectivity index (χ1) is 11.1. The van der Waals surface area contributed by atoms with Crippen molar-refractivity contribution < 1.29 is 9.53 Å². The summed E-state index contributed by atoms with van der Waals surface area (Å²) in [7, 11) is 1.68. The average Bonchev–Trinajstić information content (AvgIpc) is 3.19. The molecule has 1 aromatic rings. The second kappa shape index (κ2) is 6.81. The lowest BCUT2D eigenvalue weighted by Crippen LogP contribution is -2.39. The van der Waals surface area contributed by atoms with Gasteiger partial charge in [0, 0.05) is 29.2 Å². The van der Waals surface area contributed by atoms with Crippen LogP contribution in [0.4, 0.5) is 0 Å². The van der Waals surface area contributed by atoms with Crippen LogP contribution in [-0.4, -0.2) is 36.4 Å². The zero-order valence-electron chi connectivity index (χ0n) is 13.2. The van der Waals surface area contributed by atoms with E-state index in [2.05, 4.69) is 22.8 Å². The Kier molecular flexibility index (Phi) is 4.79. The molecule has 122 valence electrons. The SMILES string of the molecule is COc1ccccc1S[C@H]1CN[C@@H](CC(=O)NC2(C#N)CC2)C1. The van der Waals surface area contributed by atoms with E-state index in [1.165, 1.54) is 0 Å². The molecule has 1 saturated heterocycles. The van der Waals surface area contributed by atoms with Crippen LogP contribution in [0, 0.1) is 11.3 Å². The molecule has 0 unspecified atom stereocenters. The van der Waals surface area contributed by atoms with Crippen molar-refractivity contribution in [2.24, 2.45) is 0 Å². The molecular weight excluding hydrogens is 310 g/mol. The predicted molar refractivity (Wildman–Crippen MR) is 89.4 cm³/mol. The summed E-state index contributed by atoms with van der Waals surface area (Å²) < 4.78 is 5.39. The molecule has 0 radical (unpaired) electrons. The molecule has 1 amide bonds. The van der Waals surface area contributed by atoms with E-state index in [9.17, 15) is 4.79 Å². The quantitative estimate of drug-likeness (QED) is 0.835. The molecule has 2 N–H and O–H groups in total. The van der Waals surface area contributed by atoms with Crippen molar-refractivity contribution in [2.45, 2.75) is 47.4 Å². The molecule has 0 aromatic heterocycles. The van der Waals surface area contributed by atoms with Crippen molar-refractivity contribution >= 4 is 17.7 Å². The van der Waals surface area contributed by atoms with Gasteiger partial charge in [0.1, 0.15) is 11.3 Å². The van der Waals surface area contributed by atoms with E-state index >= 15 is 0 Å². The number of amides is 1. The van der Waals surface area contributed by atoms with E-state index in [0.717, 1.165) is 36.5 Å². The summed E-state index contributed by atoms with van der Waals surface area (Å²) >= 11 is 1.79. The Morgan fingerprint density at radius 3 is 3.00 bits per heavy atom. The number of nitrogens with one attached hydrogen (secondary N) is 2. The number of methoxy groups -OCH3 is 1. The summed E-state index contributed by atoms with van der Waals surface area (Å²) in [5.41, 5.74) is -0.568. The van der Waals surface area contributed by atoms with Gasteiger partial charge in [-0.25, -0.2) is 0 Å². The van der Waals surface area contributed by atoms with Crippen molar-refractivity contribution in [3.63, 3.8) is 0 Å². The third-order valence-corrected chi connectivity index (χ3v) is 5.60. The number of benzene rings is 1. The largest absolute Gasteiger partial charge is 0.496 e. The summed E-state index contributed by atoms with van der Waals surface area (Å²) in [6.07, 6.45) is 2.93. The van der Waals surface area contributed by atoms with Crippen LogP contribution >= 0.6 is 11.8 Å². The first kappa shape index (κ1) is 16.2. The monoisotopic (exact) mass is 331 g/mol. The van der Waals surface area contributed by atoms with Gasteiger partial charge in [0.05, 0.1) is 13.2 Å². The van der Waals surface area contributed by atoms with Gasteiger partial charge < -0.3 is 15.4 Å². The average molecular weight is 331 g/mol. The van der Waals surface area contributed by atoms with E-state index in [4.69, 9.17) is 10.00 Å². The number of hydrogen-bond donors (Lipinski definition) is 2. The number of hydrogen-bond acceptors (Lipinski definition) is 5. The lowest BCUT2D eigenvalue weighted by Gasteiger charge is -2.14. The van der Waals surface area contributed by atoms with Crippen LogP contribution in [0.2, 0.25) is 0 Å². The van der Waals surface area contributed by atoms with Gasteiger partial charge >= 0.3 is 0 Å². The fourth-order valence-electron chi connectivity index (χ4n) is 2.85. The first-order valence-electron chi connectivity index (χ1n) is 7.89. The number of ether oxygens (including phenoxy) is 1. The maximum absolute atomic E-state index is 12.0. The van der Waals surface area contributed by atoms with Crippen LogP contribution in [-0.2, 0) is 4.79 Å². The zero-order chi connectivity index (χ0) is 16.3. The molecule has 2 aliphatic rings. The fourth-order valence-corrected chi connectivity index (χ4v) is 4.15. The van der Waals surface area contributed by atoms with Gasteiger partial charge in [0.15, 0.2) is 0 Å². The molecule has 2 fully saturated rings. The van der Waals surface area contributed by atoms with Gasteiger partial charge in [-0.3, -0.25) is 4.79 Å². The lowest BCUT2D eigenvalue weighted by atomic mass is 10.1. The highest BCUT2D eigenvalue weighted by Gasteiger charge is 2.44. The van der Waals surface area contributed by atoms with Crippen LogP contribution in [0.25, 0.3) is 0 Å². The highest BCUT2D eigenvalue weighted by Crippen LogP contribution is 2.36. The molecule has 5 nitrogen and oxygen atoms in total. The van der Waals surface area contributed by atoms with Gasteiger partial charge in [-0.2, -0.15) is 5.26 Å². The number of para-hydroxylation sites is 1. The van der Waals surface area contributed by atoms with Crippen LogP contribution in [0.15, 0.2) is 29.2 Å². The fraction of sp³-hybridized carbons (Fsp3) is 0.529. The predicted octanol–water partition coefficient (Wildman–Crippen LogP) is 2.08. The molecule has 0 spiro atoms. The summed E-state index contributed by atoms with van der Waals surface area (Å²) in [6.45, 7) is 0.879. The molecule has 1 aliphatic carbocycles. The van der Waals surface area contributed by atoms with Crippen LogP contribution in [0.5, 0.6) is 5.75 Å². The summed E-state index contributed by atoms with van der Waals surface area (Å²) in [6, 6.07) is 10.4. The molecule has 1 heterocycles. The van der Waals surface area contributed by atoms with Crippen LogP contribution < -0.4 is 15.4 Å². The number of nitrogens with zero attached hydrogens (tertiary/aromatic N) is 1. The molecule has 0 bridgehead atoms.